The Kier molecular flexibility index (Phi) is 6.47. The first-order valence-corrected chi connectivity index (χ1v) is 7.75. The summed E-state index contributed by atoms with van der Waals surface area (Å²) in [6.45, 7) is -1.45. The molecule has 0 saturated heterocycles. The average Bonchev–Trinajstić information content (AvgIpc) is 2.61. The van der Waals surface area contributed by atoms with Gasteiger partial charge >= 0.3 is 6.61 Å². The highest BCUT2D eigenvalue weighted by Gasteiger charge is 2.16. The number of non-ortho nitro benzene ring substituents is 1. The fraction of sp³-hybridized carbons (Fsp3) is 0.235. The summed E-state index contributed by atoms with van der Waals surface area (Å²) in [6, 6.07) is 8.90. The molecule has 1 atom stereocenters. The lowest BCUT2D eigenvalue weighted by atomic mass is 10.2. The van der Waals surface area contributed by atoms with Crippen LogP contribution in [0.3, 0.4) is 0 Å². The minimum atomic E-state index is -3.02. The van der Waals surface area contributed by atoms with E-state index in [1.807, 2.05) is 0 Å². The average molecular weight is 381 g/mol. The van der Waals surface area contributed by atoms with Crippen LogP contribution < -0.4 is 20.1 Å². The molecule has 144 valence electrons. The Balaban J connectivity index is 2.04. The molecule has 10 heteroatoms. The fourth-order valence-corrected chi connectivity index (χ4v) is 2.19. The molecule has 0 aliphatic heterocycles. The number of carbonyl (C=O) groups excluding carboxylic acids is 1. The van der Waals surface area contributed by atoms with Gasteiger partial charge in [0, 0.05) is 29.6 Å². The number of halogens is 2. The summed E-state index contributed by atoms with van der Waals surface area (Å²) in [7, 11) is 1.32. The molecule has 0 heterocycles. The number of hydrogen-bond acceptors (Lipinski definition) is 6. The summed E-state index contributed by atoms with van der Waals surface area (Å²) in [6.07, 6.45) is 0. The molecule has 0 saturated carbocycles. The Labute approximate surface area is 153 Å². The highest BCUT2D eigenvalue weighted by atomic mass is 19.3. The molecule has 2 aromatic carbocycles. The van der Waals surface area contributed by atoms with Crippen LogP contribution in [0.2, 0.25) is 0 Å². The first-order valence-electron chi connectivity index (χ1n) is 7.75. The third-order valence-electron chi connectivity index (χ3n) is 3.50. The molecule has 0 bridgehead atoms. The van der Waals surface area contributed by atoms with Gasteiger partial charge in [-0.2, -0.15) is 8.78 Å². The molecule has 8 nitrogen and oxygen atoms in total. The van der Waals surface area contributed by atoms with Gasteiger partial charge in [0.1, 0.15) is 6.04 Å². The van der Waals surface area contributed by atoms with E-state index in [1.54, 1.807) is 13.0 Å². The van der Waals surface area contributed by atoms with Crippen LogP contribution in [0.15, 0.2) is 42.5 Å². The van der Waals surface area contributed by atoms with Crippen molar-refractivity contribution in [2.24, 2.45) is 0 Å². The highest BCUT2D eigenvalue weighted by Crippen LogP contribution is 2.31. The van der Waals surface area contributed by atoms with Gasteiger partial charge in [0.05, 0.1) is 12.0 Å². The largest absolute Gasteiger partial charge is 0.493 e. The van der Waals surface area contributed by atoms with Crippen LogP contribution in [0.5, 0.6) is 11.5 Å². The van der Waals surface area contributed by atoms with E-state index in [2.05, 4.69) is 15.4 Å². The number of nitrogens with one attached hydrogen (secondary N) is 2. The smallest absolute Gasteiger partial charge is 0.387 e. The van der Waals surface area contributed by atoms with Crippen LogP contribution in [0.1, 0.15) is 6.92 Å². The van der Waals surface area contributed by atoms with Crippen molar-refractivity contribution in [3.8, 4) is 11.5 Å². The molecular formula is C17H17F2N3O5. The van der Waals surface area contributed by atoms with Gasteiger partial charge in [-0.1, -0.05) is 0 Å². The lowest BCUT2D eigenvalue weighted by Gasteiger charge is -2.17. The van der Waals surface area contributed by atoms with Crippen molar-refractivity contribution in [1.82, 2.24) is 0 Å². The zero-order valence-corrected chi connectivity index (χ0v) is 14.4. The minimum Gasteiger partial charge on any atom is -0.493 e. The van der Waals surface area contributed by atoms with Gasteiger partial charge in [0.15, 0.2) is 11.5 Å². The molecule has 2 N–H and O–H groups in total. The number of nitro benzene ring substituents is 1. The van der Waals surface area contributed by atoms with Gasteiger partial charge in [-0.15, -0.1) is 0 Å². The van der Waals surface area contributed by atoms with Crippen molar-refractivity contribution in [1.29, 1.82) is 0 Å². The number of nitro groups is 1. The first kappa shape index (κ1) is 19.9. The number of benzene rings is 2. The molecule has 0 aliphatic carbocycles. The Hall–Kier alpha value is -3.43. The monoisotopic (exact) mass is 381 g/mol. The van der Waals surface area contributed by atoms with Crippen molar-refractivity contribution in [2.45, 2.75) is 19.6 Å². The van der Waals surface area contributed by atoms with Crippen molar-refractivity contribution >= 4 is 23.0 Å². The number of rotatable bonds is 8. The predicted molar refractivity (Wildman–Crippen MR) is 94.4 cm³/mol. The number of alkyl halides is 2. The van der Waals surface area contributed by atoms with E-state index >= 15 is 0 Å². The number of amides is 1. The molecule has 0 radical (unpaired) electrons. The van der Waals surface area contributed by atoms with Crippen molar-refractivity contribution < 1.29 is 28.0 Å². The Morgan fingerprint density at radius 3 is 2.30 bits per heavy atom. The summed E-state index contributed by atoms with van der Waals surface area (Å²) in [5.41, 5.74) is 0.664. The predicted octanol–water partition coefficient (Wildman–Crippen LogP) is 3.64. The number of methoxy groups -OCH3 is 1. The molecule has 2 aromatic rings. The topological polar surface area (TPSA) is 103 Å². The maximum Gasteiger partial charge on any atom is 0.387 e. The van der Waals surface area contributed by atoms with Gasteiger partial charge in [-0.3, -0.25) is 14.9 Å². The molecule has 0 unspecified atom stereocenters. The van der Waals surface area contributed by atoms with E-state index in [4.69, 9.17) is 4.74 Å². The van der Waals surface area contributed by atoms with Gasteiger partial charge in [-0.05, 0) is 31.2 Å². The Bertz CT molecular complexity index is 815. The van der Waals surface area contributed by atoms with E-state index in [9.17, 15) is 23.7 Å². The Morgan fingerprint density at radius 2 is 1.74 bits per heavy atom. The van der Waals surface area contributed by atoms with E-state index in [-0.39, 0.29) is 17.2 Å². The molecule has 0 aromatic heterocycles. The molecule has 27 heavy (non-hydrogen) atoms. The second-order valence-electron chi connectivity index (χ2n) is 5.40. The SMILES string of the molecule is COc1ccc(N[C@H](C)C(=O)Nc2ccc([N+](=O)[O-])cc2)cc1OC(F)F. The fourth-order valence-electron chi connectivity index (χ4n) is 2.19. The molecule has 0 aliphatic rings. The third kappa shape index (κ3) is 5.53. The lowest BCUT2D eigenvalue weighted by molar-refractivity contribution is -0.384. The standard InChI is InChI=1S/C17H17F2N3O5/c1-10(16(23)21-11-3-6-13(7-4-11)22(24)25)20-12-5-8-14(26-2)15(9-12)27-17(18)19/h3-10,17,20H,1-2H3,(H,21,23)/t10-/m1/s1. The van der Waals surface area contributed by atoms with Crippen LogP contribution in [-0.2, 0) is 4.79 Å². The molecule has 0 fully saturated rings. The minimum absolute atomic E-state index is 0.0936. The van der Waals surface area contributed by atoms with Gasteiger partial charge in [0.2, 0.25) is 5.91 Å². The summed E-state index contributed by atoms with van der Waals surface area (Å²) in [4.78, 5) is 22.3. The number of ether oxygens (including phenoxy) is 2. The summed E-state index contributed by atoms with van der Waals surface area (Å²) >= 11 is 0. The van der Waals surface area contributed by atoms with E-state index < -0.39 is 23.5 Å². The first-order chi connectivity index (χ1) is 12.8. The zero-order valence-electron chi connectivity index (χ0n) is 14.4. The van der Waals surface area contributed by atoms with Gasteiger partial charge in [0.25, 0.3) is 5.69 Å². The number of hydrogen-bond donors (Lipinski definition) is 2. The maximum absolute atomic E-state index is 12.5. The second-order valence-corrected chi connectivity index (χ2v) is 5.40. The molecule has 2 rings (SSSR count). The maximum atomic E-state index is 12.5. The van der Waals surface area contributed by atoms with Crippen LogP contribution in [-0.4, -0.2) is 30.6 Å². The van der Waals surface area contributed by atoms with Crippen molar-refractivity contribution in [2.75, 3.05) is 17.7 Å². The van der Waals surface area contributed by atoms with E-state index in [1.165, 1.54) is 43.5 Å². The summed E-state index contributed by atoms with van der Waals surface area (Å²) in [5.74, 6) is -0.458. The highest BCUT2D eigenvalue weighted by molar-refractivity contribution is 5.96. The number of anilines is 2. The van der Waals surface area contributed by atoms with Crippen molar-refractivity contribution in [3.63, 3.8) is 0 Å². The van der Waals surface area contributed by atoms with E-state index in [0.29, 0.717) is 11.4 Å². The van der Waals surface area contributed by atoms with Gasteiger partial charge < -0.3 is 20.1 Å². The number of carbonyl (C=O) groups is 1. The van der Waals surface area contributed by atoms with Crippen molar-refractivity contribution in [3.05, 3.63) is 52.6 Å². The molecule has 0 spiro atoms. The number of nitrogens with zero attached hydrogens (tertiary/aromatic N) is 1. The quantitative estimate of drug-likeness (QED) is 0.535. The Morgan fingerprint density at radius 1 is 1.11 bits per heavy atom. The molecule has 1 amide bonds. The van der Waals surface area contributed by atoms with Gasteiger partial charge in [-0.25, -0.2) is 0 Å². The van der Waals surface area contributed by atoms with Crippen LogP contribution in [0.25, 0.3) is 0 Å². The zero-order chi connectivity index (χ0) is 20.0. The third-order valence-corrected chi connectivity index (χ3v) is 3.50. The van der Waals surface area contributed by atoms with E-state index in [0.717, 1.165) is 0 Å². The lowest BCUT2D eigenvalue weighted by Crippen LogP contribution is -2.31. The van der Waals surface area contributed by atoms with Crippen LogP contribution in [0, 0.1) is 10.1 Å². The van der Waals surface area contributed by atoms with Crippen LogP contribution in [0.4, 0.5) is 25.8 Å². The summed E-state index contributed by atoms with van der Waals surface area (Å²) < 4.78 is 34.3. The summed E-state index contributed by atoms with van der Waals surface area (Å²) in [5, 5.41) is 16.1. The molecular weight excluding hydrogens is 364 g/mol. The normalized spacial score (nSPS) is 11.6. The van der Waals surface area contributed by atoms with Crippen LogP contribution >= 0.6 is 0 Å². The second kappa shape index (κ2) is 8.79.